The lowest BCUT2D eigenvalue weighted by atomic mass is 9.97. The van der Waals surface area contributed by atoms with E-state index in [2.05, 4.69) is 16.7 Å². The Bertz CT molecular complexity index is 1070. The van der Waals surface area contributed by atoms with Gasteiger partial charge in [-0.3, -0.25) is 9.59 Å². The molecule has 0 radical (unpaired) electrons. The van der Waals surface area contributed by atoms with Crippen molar-refractivity contribution in [3.8, 4) is 0 Å². The topological polar surface area (TPSA) is 67.4 Å². The molecule has 1 aliphatic heterocycles. The number of ether oxygens (including phenoxy) is 1. The first kappa shape index (κ1) is 20.1. The first-order chi connectivity index (χ1) is 14.6. The predicted molar refractivity (Wildman–Crippen MR) is 117 cm³/mol. The van der Waals surface area contributed by atoms with Gasteiger partial charge in [-0.2, -0.15) is 0 Å². The van der Waals surface area contributed by atoms with Crippen molar-refractivity contribution in [1.82, 2.24) is 5.32 Å². The molecular formula is C24H21ClN2O3. The molecule has 0 fully saturated rings. The largest absolute Gasteiger partial charge is 0.371 e. The molecule has 5 nitrogen and oxygen atoms in total. The Balaban J connectivity index is 1.36. The fraction of sp³-hybridized carbons (Fsp3) is 0.167. The Morgan fingerprint density at radius 1 is 0.933 bits per heavy atom. The number of hydrogen-bond acceptors (Lipinski definition) is 3. The Kier molecular flexibility index (Phi) is 6.12. The molecule has 0 spiro atoms. The highest BCUT2D eigenvalue weighted by atomic mass is 35.5. The summed E-state index contributed by atoms with van der Waals surface area (Å²) < 4.78 is 5.83. The molecule has 0 aliphatic carbocycles. The molecule has 1 heterocycles. The van der Waals surface area contributed by atoms with Gasteiger partial charge in [-0.15, -0.1) is 0 Å². The molecule has 2 amide bonds. The van der Waals surface area contributed by atoms with E-state index in [0.717, 1.165) is 12.0 Å². The molecule has 4 rings (SSSR count). The van der Waals surface area contributed by atoms with Crippen molar-refractivity contribution in [3.05, 3.63) is 100 Å². The highest BCUT2D eigenvalue weighted by Crippen LogP contribution is 2.26. The van der Waals surface area contributed by atoms with E-state index < -0.39 is 0 Å². The van der Waals surface area contributed by atoms with Gasteiger partial charge in [0.15, 0.2) is 0 Å². The van der Waals surface area contributed by atoms with Crippen molar-refractivity contribution >= 4 is 29.1 Å². The minimum Gasteiger partial charge on any atom is -0.371 e. The lowest BCUT2D eigenvalue weighted by Crippen LogP contribution is -2.31. The van der Waals surface area contributed by atoms with E-state index in [1.165, 1.54) is 5.56 Å². The molecule has 0 aromatic heterocycles. The van der Waals surface area contributed by atoms with Crippen LogP contribution in [0.25, 0.3) is 0 Å². The molecule has 6 heteroatoms. The summed E-state index contributed by atoms with van der Waals surface area (Å²) >= 11 is 6.06. The maximum absolute atomic E-state index is 12.5. The zero-order valence-corrected chi connectivity index (χ0v) is 17.0. The third-order valence-corrected chi connectivity index (χ3v) is 5.39. The minimum atomic E-state index is -0.300. The molecule has 3 aromatic carbocycles. The van der Waals surface area contributed by atoms with Gasteiger partial charge in [-0.1, -0.05) is 48.0 Å². The van der Waals surface area contributed by atoms with E-state index in [1.807, 2.05) is 18.2 Å². The number of carbonyl (C=O) groups is 2. The van der Waals surface area contributed by atoms with Crippen LogP contribution in [0.2, 0.25) is 5.02 Å². The van der Waals surface area contributed by atoms with Gasteiger partial charge in [0.2, 0.25) is 0 Å². The molecule has 0 bridgehead atoms. The molecule has 1 aliphatic rings. The van der Waals surface area contributed by atoms with Gasteiger partial charge in [-0.25, -0.2) is 0 Å². The molecular weight excluding hydrogens is 400 g/mol. The van der Waals surface area contributed by atoms with Crippen LogP contribution in [-0.2, 0) is 11.2 Å². The second-order valence-corrected chi connectivity index (χ2v) is 7.44. The Morgan fingerprint density at radius 3 is 2.47 bits per heavy atom. The third-order valence-electron chi connectivity index (χ3n) is 5.06. The van der Waals surface area contributed by atoms with Crippen molar-refractivity contribution in [2.75, 3.05) is 18.5 Å². The summed E-state index contributed by atoms with van der Waals surface area (Å²) in [6, 6.07) is 21.7. The van der Waals surface area contributed by atoms with E-state index in [-0.39, 0.29) is 17.9 Å². The van der Waals surface area contributed by atoms with Crippen LogP contribution in [0.15, 0.2) is 72.8 Å². The molecule has 0 saturated carbocycles. The molecule has 0 saturated heterocycles. The van der Waals surface area contributed by atoms with Crippen LogP contribution in [0.5, 0.6) is 0 Å². The number of fused-ring (bicyclic) bond motifs is 1. The van der Waals surface area contributed by atoms with Crippen molar-refractivity contribution < 1.29 is 14.3 Å². The Hall–Kier alpha value is -3.15. The fourth-order valence-electron chi connectivity index (χ4n) is 3.48. The van der Waals surface area contributed by atoms with Gasteiger partial charge in [0.1, 0.15) is 6.10 Å². The summed E-state index contributed by atoms with van der Waals surface area (Å²) in [5, 5.41) is 6.11. The maximum Gasteiger partial charge on any atom is 0.257 e. The quantitative estimate of drug-likeness (QED) is 0.632. The number of carbonyl (C=O) groups excluding carboxylic acids is 2. The van der Waals surface area contributed by atoms with Gasteiger partial charge in [0.25, 0.3) is 11.8 Å². The fourth-order valence-corrected chi connectivity index (χ4v) is 3.70. The average Bonchev–Trinajstić information content (AvgIpc) is 2.78. The maximum atomic E-state index is 12.5. The number of rotatable bonds is 5. The normalized spacial score (nSPS) is 15.2. The standard InChI is InChI=1S/C24H21ClN2O3/c25-21-8-4-3-7-20(21)24(29)27-18-11-9-17(10-12-18)23(28)26-15-22-19-6-2-1-5-16(19)13-14-30-22/h1-12,22H,13-15H2,(H,26,28)(H,27,29)/t22-/m0/s1. The predicted octanol–water partition coefficient (Wildman–Crippen LogP) is 4.64. The van der Waals surface area contributed by atoms with Gasteiger partial charge in [0, 0.05) is 17.8 Å². The second-order valence-electron chi connectivity index (χ2n) is 7.03. The summed E-state index contributed by atoms with van der Waals surface area (Å²) in [7, 11) is 0. The first-order valence-electron chi connectivity index (χ1n) is 9.75. The summed E-state index contributed by atoms with van der Waals surface area (Å²) in [4.78, 5) is 24.9. The van der Waals surface area contributed by atoms with E-state index in [0.29, 0.717) is 35.0 Å². The average molecular weight is 421 g/mol. The van der Waals surface area contributed by atoms with Crippen LogP contribution in [0, 0.1) is 0 Å². The monoisotopic (exact) mass is 420 g/mol. The number of halogens is 1. The van der Waals surface area contributed by atoms with Crippen LogP contribution in [0.1, 0.15) is 37.9 Å². The third kappa shape index (κ3) is 4.53. The number of amides is 2. The highest BCUT2D eigenvalue weighted by Gasteiger charge is 2.21. The van der Waals surface area contributed by atoms with Gasteiger partial charge in [-0.05, 0) is 53.9 Å². The summed E-state index contributed by atoms with van der Waals surface area (Å²) in [6.07, 6.45) is 0.746. The summed E-state index contributed by atoms with van der Waals surface area (Å²) in [5.41, 5.74) is 3.88. The van der Waals surface area contributed by atoms with Crippen molar-refractivity contribution in [1.29, 1.82) is 0 Å². The Morgan fingerprint density at radius 2 is 1.67 bits per heavy atom. The van der Waals surface area contributed by atoms with Crippen molar-refractivity contribution in [3.63, 3.8) is 0 Å². The molecule has 30 heavy (non-hydrogen) atoms. The van der Waals surface area contributed by atoms with Gasteiger partial charge in [0.05, 0.1) is 17.2 Å². The SMILES string of the molecule is O=C(NC[C@@H]1OCCc2ccccc21)c1ccc(NC(=O)c2ccccc2Cl)cc1. The first-order valence-corrected chi connectivity index (χ1v) is 10.1. The second kappa shape index (κ2) is 9.11. The van der Waals surface area contributed by atoms with E-state index in [4.69, 9.17) is 16.3 Å². The van der Waals surface area contributed by atoms with Crippen LogP contribution in [0.4, 0.5) is 5.69 Å². The number of anilines is 1. The molecule has 2 N–H and O–H groups in total. The molecule has 1 atom stereocenters. The Labute approximate surface area is 180 Å². The van der Waals surface area contributed by atoms with Crippen molar-refractivity contribution in [2.45, 2.75) is 12.5 Å². The highest BCUT2D eigenvalue weighted by molar-refractivity contribution is 6.34. The minimum absolute atomic E-state index is 0.145. The smallest absolute Gasteiger partial charge is 0.257 e. The van der Waals surface area contributed by atoms with Crippen LogP contribution >= 0.6 is 11.6 Å². The zero-order valence-electron chi connectivity index (χ0n) is 16.2. The van der Waals surface area contributed by atoms with E-state index >= 15 is 0 Å². The van der Waals surface area contributed by atoms with E-state index in [1.54, 1.807) is 48.5 Å². The van der Waals surface area contributed by atoms with Gasteiger partial charge >= 0.3 is 0 Å². The lowest BCUT2D eigenvalue weighted by Gasteiger charge is -2.26. The summed E-state index contributed by atoms with van der Waals surface area (Å²) in [6.45, 7) is 1.05. The zero-order chi connectivity index (χ0) is 20.9. The van der Waals surface area contributed by atoms with Gasteiger partial charge < -0.3 is 15.4 Å². The van der Waals surface area contributed by atoms with Crippen LogP contribution < -0.4 is 10.6 Å². The van der Waals surface area contributed by atoms with Crippen LogP contribution in [0.3, 0.4) is 0 Å². The molecule has 0 unspecified atom stereocenters. The summed E-state index contributed by atoms with van der Waals surface area (Å²) in [5.74, 6) is -0.489. The number of benzene rings is 3. The number of hydrogen-bond donors (Lipinski definition) is 2. The lowest BCUT2D eigenvalue weighted by molar-refractivity contribution is 0.0411. The van der Waals surface area contributed by atoms with Crippen LogP contribution in [-0.4, -0.2) is 25.0 Å². The molecule has 3 aromatic rings. The van der Waals surface area contributed by atoms with Crippen molar-refractivity contribution in [2.24, 2.45) is 0 Å². The number of nitrogens with one attached hydrogen (secondary N) is 2. The molecule has 152 valence electrons. The van der Waals surface area contributed by atoms with E-state index in [9.17, 15) is 9.59 Å².